The van der Waals surface area contributed by atoms with Crippen LogP contribution in [0.2, 0.25) is 0 Å². The van der Waals surface area contributed by atoms with Crippen LogP contribution in [0.1, 0.15) is 50.6 Å². The van der Waals surface area contributed by atoms with Crippen molar-refractivity contribution >= 4 is 44.6 Å². The van der Waals surface area contributed by atoms with Gasteiger partial charge in [-0.1, -0.05) is 32.0 Å². The van der Waals surface area contributed by atoms with Crippen LogP contribution in [0.3, 0.4) is 0 Å². The molecule has 0 spiro atoms. The van der Waals surface area contributed by atoms with E-state index in [1.807, 2.05) is 13.8 Å². The van der Waals surface area contributed by atoms with Gasteiger partial charge in [0.15, 0.2) is 0 Å². The van der Waals surface area contributed by atoms with Crippen molar-refractivity contribution < 1.29 is 49.4 Å². The number of hydrogen-bond donors (Lipinski definition) is 3. The van der Waals surface area contributed by atoms with Gasteiger partial charge in [0, 0.05) is 27.9 Å². The highest BCUT2D eigenvalue weighted by molar-refractivity contribution is 7.21. The highest BCUT2D eigenvalue weighted by Crippen LogP contribution is 2.41. The molecule has 6 nitrogen and oxygen atoms in total. The van der Waals surface area contributed by atoms with Gasteiger partial charge in [-0.2, -0.15) is 26.3 Å². The number of thiophene rings is 1. The Kier molecular flexibility index (Phi) is 10.7. The zero-order valence-corrected chi connectivity index (χ0v) is 27.9. The van der Waals surface area contributed by atoms with Gasteiger partial charge in [0.05, 0.1) is 29.5 Å². The topological polar surface area (TPSA) is 79.5 Å². The number of anilines is 2. The summed E-state index contributed by atoms with van der Waals surface area (Å²) in [6.45, 7) is 5.27. The molecule has 1 heterocycles. The molecule has 0 atom stereocenters. The number of halogens is 8. The Morgan fingerprint density at radius 1 is 0.804 bits per heavy atom. The minimum atomic E-state index is -5.09. The Balaban J connectivity index is 1.54. The van der Waals surface area contributed by atoms with Crippen molar-refractivity contribution in [2.45, 2.75) is 32.7 Å². The molecular formula is C36H29F8N3O3S. The molecular weight excluding hydrogens is 706 g/mol. The average molecular weight is 736 g/mol. The molecule has 2 amide bonds. The van der Waals surface area contributed by atoms with Gasteiger partial charge >= 0.3 is 12.4 Å². The number of hydrogen-bond acceptors (Lipinski definition) is 5. The summed E-state index contributed by atoms with van der Waals surface area (Å²) in [5.41, 5.74) is -2.29. The van der Waals surface area contributed by atoms with Crippen molar-refractivity contribution in [3.63, 3.8) is 0 Å². The van der Waals surface area contributed by atoms with Crippen LogP contribution in [-0.4, -0.2) is 25.5 Å². The maximum Gasteiger partial charge on any atom is 0.419 e. The molecule has 5 rings (SSSR count). The molecule has 0 radical (unpaired) electrons. The number of rotatable bonds is 10. The van der Waals surface area contributed by atoms with E-state index in [4.69, 9.17) is 4.74 Å². The summed E-state index contributed by atoms with van der Waals surface area (Å²) in [5, 5.41) is 8.04. The molecule has 51 heavy (non-hydrogen) atoms. The monoisotopic (exact) mass is 735 g/mol. The first kappa shape index (κ1) is 37.2. The van der Waals surface area contributed by atoms with Gasteiger partial charge in [0.25, 0.3) is 11.8 Å². The van der Waals surface area contributed by atoms with Crippen LogP contribution in [0.25, 0.3) is 21.2 Å². The lowest BCUT2D eigenvalue weighted by Gasteiger charge is -2.14. The summed E-state index contributed by atoms with van der Waals surface area (Å²) in [6.07, 6.45) is -9.84. The van der Waals surface area contributed by atoms with Gasteiger partial charge in [-0.3, -0.25) is 9.59 Å². The lowest BCUT2D eigenvalue weighted by Crippen LogP contribution is -2.19. The first-order valence-electron chi connectivity index (χ1n) is 15.3. The third-order valence-corrected chi connectivity index (χ3v) is 8.81. The standard InChI is InChI=1S/C36H29F8N3O3S/c1-18(2)16-45-17-19-4-9-27(37)24(12-19)20-5-11-29(50-3)25(13-20)33(48)47-31-23-8-6-21(35(39,40)41)14-30(23)51-32(31)34(49)46-22-7-10-28(38)26(15-22)36(42,43)44/h4-15,18,45H,16-17H2,1-3H3,(H,46,49)(H,47,48). The molecule has 0 saturated heterocycles. The van der Waals surface area contributed by atoms with E-state index in [0.717, 1.165) is 36.4 Å². The molecule has 4 aromatic carbocycles. The second-order valence-corrected chi connectivity index (χ2v) is 12.9. The highest BCUT2D eigenvalue weighted by Gasteiger charge is 2.35. The molecule has 0 fully saturated rings. The molecule has 0 aliphatic rings. The zero-order chi connectivity index (χ0) is 37.2. The fraction of sp³-hybridized carbons (Fsp3) is 0.222. The molecule has 5 aromatic rings. The Labute approximate surface area is 290 Å². The van der Waals surface area contributed by atoms with Crippen LogP contribution in [0.4, 0.5) is 46.5 Å². The maximum absolute atomic E-state index is 15.1. The summed E-state index contributed by atoms with van der Waals surface area (Å²) in [5.74, 6) is -3.71. The van der Waals surface area contributed by atoms with Crippen molar-refractivity contribution in [3.8, 4) is 16.9 Å². The number of benzene rings is 4. The predicted octanol–water partition coefficient (Wildman–Crippen LogP) is 10.1. The van der Waals surface area contributed by atoms with E-state index in [1.54, 1.807) is 12.1 Å². The van der Waals surface area contributed by atoms with E-state index in [0.29, 0.717) is 41.5 Å². The summed E-state index contributed by atoms with van der Waals surface area (Å²) < 4.78 is 115. The van der Waals surface area contributed by atoms with Crippen LogP contribution >= 0.6 is 11.3 Å². The van der Waals surface area contributed by atoms with Crippen molar-refractivity contribution in [2.75, 3.05) is 24.3 Å². The summed E-state index contributed by atoms with van der Waals surface area (Å²) >= 11 is 0.543. The second kappa shape index (κ2) is 14.7. The lowest BCUT2D eigenvalue weighted by molar-refractivity contribution is -0.140. The number of ether oxygens (including phenoxy) is 1. The van der Waals surface area contributed by atoms with E-state index in [9.17, 15) is 40.3 Å². The van der Waals surface area contributed by atoms with Gasteiger partial charge in [-0.05, 0) is 78.2 Å². The van der Waals surface area contributed by atoms with Crippen LogP contribution in [0.15, 0.2) is 72.8 Å². The quantitative estimate of drug-likeness (QED) is 0.125. The number of amides is 2. The molecule has 0 saturated carbocycles. The number of nitrogens with one attached hydrogen (secondary N) is 3. The fourth-order valence-corrected chi connectivity index (χ4v) is 6.30. The second-order valence-electron chi connectivity index (χ2n) is 11.9. The van der Waals surface area contributed by atoms with Crippen molar-refractivity contribution in [1.29, 1.82) is 0 Å². The molecule has 0 aliphatic carbocycles. The van der Waals surface area contributed by atoms with E-state index < -0.39 is 52.6 Å². The molecule has 3 N–H and O–H groups in total. The number of alkyl halides is 6. The predicted molar refractivity (Wildman–Crippen MR) is 179 cm³/mol. The van der Waals surface area contributed by atoms with Crippen molar-refractivity contribution in [3.05, 3.63) is 112 Å². The summed E-state index contributed by atoms with van der Waals surface area (Å²) in [4.78, 5) is 27.0. The van der Waals surface area contributed by atoms with E-state index in [1.165, 1.54) is 31.4 Å². The number of methoxy groups -OCH3 is 1. The number of fused-ring (bicyclic) bond motifs is 1. The number of carbonyl (C=O) groups is 2. The first-order valence-corrected chi connectivity index (χ1v) is 16.1. The number of carbonyl (C=O) groups excluding carboxylic acids is 2. The lowest BCUT2D eigenvalue weighted by atomic mass is 9.99. The summed E-state index contributed by atoms with van der Waals surface area (Å²) in [6, 6.07) is 13.2. The Hall–Kier alpha value is -5.02. The first-order chi connectivity index (χ1) is 24.0. The zero-order valence-electron chi connectivity index (χ0n) is 27.1. The SMILES string of the molecule is COc1ccc(-c2cc(CNCC(C)C)ccc2F)cc1C(=O)Nc1c(C(=O)Nc2ccc(F)c(C(F)(F)F)c2)sc2cc(C(F)(F)F)ccc12. The van der Waals surface area contributed by atoms with Gasteiger partial charge in [0.2, 0.25) is 0 Å². The van der Waals surface area contributed by atoms with E-state index in [-0.39, 0.29) is 37.5 Å². The molecule has 0 bridgehead atoms. The van der Waals surface area contributed by atoms with E-state index in [2.05, 4.69) is 16.0 Å². The maximum atomic E-state index is 15.1. The normalized spacial score (nSPS) is 12.0. The van der Waals surface area contributed by atoms with E-state index >= 15 is 4.39 Å². The van der Waals surface area contributed by atoms with Gasteiger partial charge < -0.3 is 20.7 Å². The summed E-state index contributed by atoms with van der Waals surface area (Å²) in [7, 11) is 1.28. The Morgan fingerprint density at radius 3 is 2.20 bits per heavy atom. The van der Waals surface area contributed by atoms with Crippen LogP contribution in [-0.2, 0) is 18.9 Å². The molecule has 0 unspecified atom stereocenters. The van der Waals surface area contributed by atoms with Gasteiger partial charge in [-0.25, -0.2) is 8.78 Å². The van der Waals surface area contributed by atoms with Crippen LogP contribution in [0, 0.1) is 17.6 Å². The van der Waals surface area contributed by atoms with Crippen LogP contribution < -0.4 is 20.7 Å². The largest absolute Gasteiger partial charge is 0.496 e. The van der Waals surface area contributed by atoms with Crippen molar-refractivity contribution in [1.82, 2.24) is 5.32 Å². The Morgan fingerprint density at radius 2 is 1.53 bits per heavy atom. The van der Waals surface area contributed by atoms with Gasteiger partial charge in [-0.15, -0.1) is 11.3 Å². The van der Waals surface area contributed by atoms with Crippen molar-refractivity contribution in [2.24, 2.45) is 5.92 Å². The fourth-order valence-electron chi connectivity index (χ4n) is 5.21. The van der Waals surface area contributed by atoms with Gasteiger partial charge in [0.1, 0.15) is 22.3 Å². The molecule has 0 aliphatic heterocycles. The smallest absolute Gasteiger partial charge is 0.419 e. The Bertz CT molecular complexity index is 2110. The third-order valence-electron chi connectivity index (χ3n) is 7.66. The molecule has 1 aromatic heterocycles. The molecule has 268 valence electrons. The highest BCUT2D eigenvalue weighted by atomic mass is 32.1. The van der Waals surface area contributed by atoms with Crippen LogP contribution in [0.5, 0.6) is 5.75 Å². The average Bonchev–Trinajstić information content (AvgIpc) is 3.42. The molecule has 15 heteroatoms. The minimum absolute atomic E-state index is 0.0179. The third kappa shape index (κ3) is 8.48. The minimum Gasteiger partial charge on any atom is -0.496 e.